The first kappa shape index (κ1) is 14.8. The van der Waals surface area contributed by atoms with Crippen molar-refractivity contribution in [3.63, 3.8) is 0 Å². The first-order valence-electron chi connectivity index (χ1n) is 7.41. The van der Waals surface area contributed by atoms with E-state index in [1.807, 2.05) is 12.1 Å². The molecule has 1 aromatic carbocycles. The largest absolute Gasteiger partial charge is 0.316 e. The summed E-state index contributed by atoms with van der Waals surface area (Å²) in [6.07, 6.45) is 2.53. The average molecular weight is 281 g/mol. The molecule has 0 spiro atoms. The molecule has 2 atom stereocenters. The van der Waals surface area contributed by atoms with E-state index in [9.17, 15) is 0 Å². The Kier molecular flexibility index (Phi) is 5.68. The molecule has 0 amide bonds. The number of hydrogen-bond donors (Lipinski definition) is 1. The summed E-state index contributed by atoms with van der Waals surface area (Å²) >= 11 is 5.95. The molecular formula is C16H25ClN2. The Morgan fingerprint density at radius 2 is 2.11 bits per heavy atom. The Bertz CT molecular complexity index is 377. The maximum absolute atomic E-state index is 5.95. The van der Waals surface area contributed by atoms with Crippen molar-refractivity contribution in [2.75, 3.05) is 26.2 Å². The van der Waals surface area contributed by atoms with Crippen LogP contribution in [0, 0.1) is 5.92 Å². The fraction of sp³-hybridized carbons (Fsp3) is 0.625. The SMILES string of the molecule is CCCNCC1CCN(C(C)c2ccc(Cl)cc2)C1. The number of nitrogens with zero attached hydrogens (tertiary/aromatic N) is 1. The lowest BCUT2D eigenvalue weighted by Crippen LogP contribution is -2.28. The number of benzene rings is 1. The molecule has 0 saturated carbocycles. The fourth-order valence-electron chi connectivity index (χ4n) is 2.82. The summed E-state index contributed by atoms with van der Waals surface area (Å²) in [5.74, 6) is 0.807. The van der Waals surface area contributed by atoms with Gasteiger partial charge in [0.2, 0.25) is 0 Å². The third-order valence-corrected chi connectivity index (χ3v) is 4.33. The first-order chi connectivity index (χ1) is 9.20. The van der Waals surface area contributed by atoms with E-state index < -0.39 is 0 Å². The van der Waals surface area contributed by atoms with Crippen LogP contribution in [-0.2, 0) is 0 Å². The fourth-order valence-corrected chi connectivity index (χ4v) is 2.94. The minimum absolute atomic E-state index is 0.494. The van der Waals surface area contributed by atoms with E-state index in [2.05, 4.69) is 36.2 Å². The molecule has 0 aliphatic carbocycles. The summed E-state index contributed by atoms with van der Waals surface area (Å²) in [7, 11) is 0. The lowest BCUT2D eigenvalue weighted by molar-refractivity contribution is 0.251. The second-order valence-electron chi connectivity index (χ2n) is 5.58. The maximum atomic E-state index is 5.95. The number of halogens is 1. The van der Waals surface area contributed by atoms with Gasteiger partial charge >= 0.3 is 0 Å². The van der Waals surface area contributed by atoms with E-state index in [4.69, 9.17) is 11.6 Å². The highest BCUT2D eigenvalue weighted by molar-refractivity contribution is 6.30. The average Bonchev–Trinajstić information content (AvgIpc) is 2.88. The molecule has 3 heteroatoms. The molecule has 2 unspecified atom stereocenters. The summed E-state index contributed by atoms with van der Waals surface area (Å²) in [5, 5.41) is 4.36. The Labute approximate surface area is 122 Å². The first-order valence-corrected chi connectivity index (χ1v) is 7.78. The molecule has 0 bridgehead atoms. The topological polar surface area (TPSA) is 15.3 Å². The summed E-state index contributed by atoms with van der Waals surface area (Å²) in [4.78, 5) is 2.58. The van der Waals surface area contributed by atoms with Gasteiger partial charge in [-0.1, -0.05) is 30.7 Å². The van der Waals surface area contributed by atoms with Crippen LogP contribution in [0.25, 0.3) is 0 Å². The van der Waals surface area contributed by atoms with Gasteiger partial charge in [-0.3, -0.25) is 4.90 Å². The second kappa shape index (κ2) is 7.28. The highest BCUT2D eigenvalue weighted by atomic mass is 35.5. The van der Waals surface area contributed by atoms with Gasteiger partial charge < -0.3 is 5.32 Å². The number of likely N-dealkylation sites (tertiary alicyclic amines) is 1. The number of nitrogens with one attached hydrogen (secondary N) is 1. The zero-order valence-corrected chi connectivity index (χ0v) is 12.8. The molecule has 1 N–H and O–H groups in total. The van der Waals surface area contributed by atoms with Crippen LogP contribution in [0.4, 0.5) is 0 Å². The monoisotopic (exact) mass is 280 g/mol. The van der Waals surface area contributed by atoms with Crippen LogP contribution in [-0.4, -0.2) is 31.1 Å². The quantitative estimate of drug-likeness (QED) is 0.799. The molecule has 1 aliphatic rings. The van der Waals surface area contributed by atoms with Crippen molar-refractivity contribution >= 4 is 11.6 Å². The van der Waals surface area contributed by atoms with Crippen LogP contribution in [0.5, 0.6) is 0 Å². The summed E-state index contributed by atoms with van der Waals surface area (Å²) < 4.78 is 0. The van der Waals surface area contributed by atoms with Gasteiger partial charge in [0, 0.05) is 17.6 Å². The predicted octanol–water partition coefficient (Wildman–Crippen LogP) is 3.72. The summed E-state index contributed by atoms with van der Waals surface area (Å²) in [5.41, 5.74) is 1.37. The van der Waals surface area contributed by atoms with Gasteiger partial charge in [0.25, 0.3) is 0 Å². The van der Waals surface area contributed by atoms with Crippen molar-refractivity contribution in [2.45, 2.75) is 32.7 Å². The van der Waals surface area contributed by atoms with E-state index in [0.29, 0.717) is 6.04 Å². The lowest BCUT2D eigenvalue weighted by atomic mass is 10.1. The van der Waals surface area contributed by atoms with Gasteiger partial charge in [-0.2, -0.15) is 0 Å². The smallest absolute Gasteiger partial charge is 0.0406 e. The molecule has 1 aliphatic heterocycles. The van der Waals surface area contributed by atoms with Crippen molar-refractivity contribution < 1.29 is 0 Å². The van der Waals surface area contributed by atoms with Crippen LogP contribution in [0.15, 0.2) is 24.3 Å². The Morgan fingerprint density at radius 1 is 1.37 bits per heavy atom. The zero-order chi connectivity index (χ0) is 13.7. The summed E-state index contributed by atoms with van der Waals surface area (Å²) in [6.45, 7) is 9.24. The van der Waals surface area contributed by atoms with Crippen LogP contribution < -0.4 is 5.32 Å². The summed E-state index contributed by atoms with van der Waals surface area (Å²) in [6, 6.07) is 8.77. The third-order valence-electron chi connectivity index (χ3n) is 4.08. The van der Waals surface area contributed by atoms with Crippen molar-refractivity contribution in [2.24, 2.45) is 5.92 Å². The van der Waals surface area contributed by atoms with E-state index in [1.165, 1.54) is 31.5 Å². The van der Waals surface area contributed by atoms with Crippen molar-refractivity contribution in [1.82, 2.24) is 10.2 Å². The minimum Gasteiger partial charge on any atom is -0.316 e. The highest BCUT2D eigenvalue weighted by Gasteiger charge is 2.26. The zero-order valence-electron chi connectivity index (χ0n) is 12.0. The molecule has 1 aromatic rings. The molecular weight excluding hydrogens is 256 g/mol. The van der Waals surface area contributed by atoms with Gasteiger partial charge in [-0.15, -0.1) is 0 Å². The van der Waals surface area contributed by atoms with E-state index in [1.54, 1.807) is 0 Å². The minimum atomic E-state index is 0.494. The van der Waals surface area contributed by atoms with Gasteiger partial charge in [-0.25, -0.2) is 0 Å². The van der Waals surface area contributed by atoms with Crippen LogP contribution >= 0.6 is 11.6 Å². The number of rotatable bonds is 6. The second-order valence-corrected chi connectivity index (χ2v) is 6.02. The molecule has 1 heterocycles. The van der Waals surface area contributed by atoms with Crippen LogP contribution in [0.3, 0.4) is 0 Å². The molecule has 1 fully saturated rings. The predicted molar refractivity (Wildman–Crippen MR) is 82.7 cm³/mol. The maximum Gasteiger partial charge on any atom is 0.0406 e. The van der Waals surface area contributed by atoms with Crippen molar-refractivity contribution in [1.29, 1.82) is 0 Å². The van der Waals surface area contributed by atoms with Gasteiger partial charge in [0.05, 0.1) is 0 Å². The van der Waals surface area contributed by atoms with E-state index in [0.717, 1.165) is 24.0 Å². The number of hydrogen-bond acceptors (Lipinski definition) is 2. The van der Waals surface area contributed by atoms with Gasteiger partial charge in [0.1, 0.15) is 0 Å². The molecule has 106 valence electrons. The molecule has 19 heavy (non-hydrogen) atoms. The van der Waals surface area contributed by atoms with Gasteiger partial charge in [0.15, 0.2) is 0 Å². The molecule has 2 rings (SSSR count). The highest BCUT2D eigenvalue weighted by Crippen LogP contribution is 2.27. The van der Waals surface area contributed by atoms with E-state index in [-0.39, 0.29) is 0 Å². The van der Waals surface area contributed by atoms with Crippen LogP contribution in [0.2, 0.25) is 5.02 Å². The molecule has 2 nitrogen and oxygen atoms in total. The Morgan fingerprint density at radius 3 is 2.79 bits per heavy atom. The van der Waals surface area contributed by atoms with Gasteiger partial charge in [-0.05, 0) is 63.0 Å². The normalized spacial score (nSPS) is 21.7. The van der Waals surface area contributed by atoms with Crippen molar-refractivity contribution in [3.05, 3.63) is 34.9 Å². The molecule has 0 aromatic heterocycles. The lowest BCUT2D eigenvalue weighted by Gasteiger charge is -2.25. The Hall–Kier alpha value is -0.570. The molecule has 1 saturated heterocycles. The Balaban J connectivity index is 1.84. The van der Waals surface area contributed by atoms with Crippen LogP contribution in [0.1, 0.15) is 38.3 Å². The third kappa shape index (κ3) is 4.20. The van der Waals surface area contributed by atoms with Crippen molar-refractivity contribution in [3.8, 4) is 0 Å². The standard InChI is InChI=1S/C16H25ClN2/c1-3-9-18-11-14-8-10-19(12-14)13(2)15-4-6-16(17)7-5-15/h4-7,13-14,18H,3,8-12H2,1-2H3. The van der Waals surface area contributed by atoms with E-state index >= 15 is 0 Å². The molecule has 0 radical (unpaired) electrons.